The number of aromatic carboxylic acids is 1. The molecule has 0 spiro atoms. The number of hydrogen-bond acceptors (Lipinski definition) is 5. The van der Waals surface area contributed by atoms with E-state index in [1.54, 1.807) is 0 Å². The first-order chi connectivity index (χ1) is 9.74. The van der Waals surface area contributed by atoms with Gasteiger partial charge in [0.25, 0.3) is 10.0 Å². The maximum Gasteiger partial charge on any atom is 0.340 e. The van der Waals surface area contributed by atoms with Crippen LogP contribution in [0.5, 0.6) is 0 Å². The molecule has 0 saturated carbocycles. The molecule has 0 aliphatic rings. The standard InChI is InChI=1S/C11H18N4O5S/c1-7(2)5-12-9(16)3-4-14-21(19,20)10-8(11(17)18)6-13-15-10/h6-7,14H,3-5H2,1-2H3,(H,12,16)(H,13,15)(H,17,18). The average molecular weight is 318 g/mol. The third kappa shape index (κ3) is 5.16. The highest BCUT2D eigenvalue weighted by Gasteiger charge is 2.24. The lowest BCUT2D eigenvalue weighted by molar-refractivity contribution is -0.121. The van der Waals surface area contributed by atoms with Gasteiger partial charge in [0.1, 0.15) is 5.56 Å². The van der Waals surface area contributed by atoms with Crippen LogP contribution in [0, 0.1) is 5.92 Å². The van der Waals surface area contributed by atoms with Gasteiger partial charge in [0.15, 0.2) is 5.03 Å². The van der Waals surface area contributed by atoms with E-state index in [2.05, 4.69) is 20.2 Å². The minimum atomic E-state index is -4.05. The van der Waals surface area contributed by atoms with E-state index in [0.29, 0.717) is 12.5 Å². The molecule has 1 heterocycles. The highest BCUT2D eigenvalue weighted by molar-refractivity contribution is 7.89. The van der Waals surface area contributed by atoms with E-state index in [0.717, 1.165) is 6.20 Å². The number of carbonyl (C=O) groups is 2. The van der Waals surface area contributed by atoms with Crippen LogP contribution in [0.3, 0.4) is 0 Å². The Bertz CT molecular complexity index is 608. The van der Waals surface area contributed by atoms with Crippen LogP contribution in [0.1, 0.15) is 30.6 Å². The van der Waals surface area contributed by atoms with Crippen molar-refractivity contribution in [3.63, 3.8) is 0 Å². The number of hydrogen-bond donors (Lipinski definition) is 4. The summed E-state index contributed by atoms with van der Waals surface area (Å²) in [7, 11) is -4.05. The number of amides is 1. The minimum absolute atomic E-state index is 0.0392. The molecular weight excluding hydrogens is 300 g/mol. The molecular formula is C11H18N4O5S. The number of sulfonamides is 1. The first-order valence-corrected chi connectivity index (χ1v) is 7.75. The molecule has 118 valence electrons. The molecule has 10 heteroatoms. The minimum Gasteiger partial charge on any atom is -0.478 e. The summed E-state index contributed by atoms with van der Waals surface area (Å²) >= 11 is 0. The van der Waals surface area contributed by atoms with Crippen molar-refractivity contribution in [3.8, 4) is 0 Å². The molecule has 0 fully saturated rings. The van der Waals surface area contributed by atoms with Gasteiger partial charge in [-0.25, -0.2) is 17.9 Å². The maximum atomic E-state index is 11.9. The zero-order valence-corrected chi connectivity index (χ0v) is 12.5. The average Bonchev–Trinajstić information content (AvgIpc) is 2.86. The van der Waals surface area contributed by atoms with Crippen LogP contribution in [-0.2, 0) is 14.8 Å². The predicted molar refractivity (Wildman–Crippen MR) is 73.2 cm³/mol. The van der Waals surface area contributed by atoms with E-state index in [4.69, 9.17) is 5.11 Å². The second-order valence-electron chi connectivity index (χ2n) is 4.76. The van der Waals surface area contributed by atoms with E-state index in [-0.39, 0.29) is 18.9 Å². The molecule has 1 aromatic rings. The molecule has 0 aromatic carbocycles. The van der Waals surface area contributed by atoms with Gasteiger partial charge in [0.2, 0.25) is 5.91 Å². The lowest BCUT2D eigenvalue weighted by Gasteiger charge is -2.08. The number of carboxylic acid groups (broad SMARTS) is 1. The van der Waals surface area contributed by atoms with Gasteiger partial charge in [-0.05, 0) is 5.92 Å². The quantitative estimate of drug-likeness (QED) is 0.511. The van der Waals surface area contributed by atoms with E-state index in [1.807, 2.05) is 13.8 Å². The van der Waals surface area contributed by atoms with Crippen molar-refractivity contribution in [2.75, 3.05) is 13.1 Å². The van der Waals surface area contributed by atoms with Gasteiger partial charge in [-0.3, -0.25) is 9.89 Å². The molecule has 0 saturated heterocycles. The Balaban J connectivity index is 2.56. The highest BCUT2D eigenvalue weighted by Crippen LogP contribution is 2.11. The molecule has 0 radical (unpaired) electrons. The van der Waals surface area contributed by atoms with Crippen LogP contribution in [0.25, 0.3) is 0 Å². The number of nitrogens with zero attached hydrogens (tertiary/aromatic N) is 1. The number of rotatable bonds is 8. The number of carbonyl (C=O) groups excluding carboxylic acids is 1. The zero-order chi connectivity index (χ0) is 16.0. The van der Waals surface area contributed by atoms with Gasteiger partial charge < -0.3 is 10.4 Å². The zero-order valence-electron chi connectivity index (χ0n) is 11.7. The summed E-state index contributed by atoms with van der Waals surface area (Å²) in [6.45, 7) is 4.25. The van der Waals surface area contributed by atoms with Gasteiger partial charge in [0.05, 0.1) is 6.20 Å². The monoisotopic (exact) mass is 318 g/mol. The molecule has 1 aromatic heterocycles. The first kappa shape index (κ1) is 17.1. The van der Waals surface area contributed by atoms with Crippen molar-refractivity contribution in [1.29, 1.82) is 0 Å². The van der Waals surface area contributed by atoms with E-state index in [1.165, 1.54) is 0 Å². The van der Waals surface area contributed by atoms with Crippen LogP contribution in [0.2, 0.25) is 0 Å². The van der Waals surface area contributed by atoms with E-state index in [9.17, 15) is 18.0 Å². The Kier molecular flexibility index (Phi) is 5.85. The molecule has 0 bridgehead atoms. The Morgan fingerprint density at radius 3 is 2.67 bits per heavy atom. The number of aromatic nitrogens is 2. The van der Waals surface area contributed by atoms with Crippen LogP contribution < -0.4 is 10.0 Å². The van der Waals surface area contributed by atoms with Crippen molar-refractivity contribution in [2.24, 2.45) is 5.92 Å². The fourth-order valence-electron chi connectivity index (χ4n) is 1.41. The smallest absolute Gasteiger partial charge is 0.340 e. The van der Waals surface area contributed by atoms with Crippen molar-refractivity contribution < 1.29 is 23.1 Å². The van der Waals surface area contributed by atoms with Crippen LogP contribution >= 0.6 is 0 Å². The SMILES string of the molecule is CC(C)CNC(=O)CCNS(=O)(=O)c1[nH]ncc1C(=O)O. The largest absolute Gasteiger partial charge is 0.478 e. The number of nitrogens with one attached hydrogen (secondary N) is 3. The summed E-state index contributed by atoms with van der Waals surface area (Å²) in [5.74, 6) is -1.39. The molecule has 0 atom stereocenters. The third-order valence-corrected chi connectivity index (χ3v) is 3.89. The Hall–Kier alpha value is -1.94. The van der Waals surface area contributed by atoms with Gasteiger partial charge in [-0.1, -0.05) is 13.8 Å². The fourth-order valence-corrected chi connectivity index (χ4v) is 2.53. The Morgan fingerprint density at radius 2 is 2.10 bits per heavy atom. The van der Waals surface area contributed by atoms with Gasteiger partial charge in [0, 0.05) is 19.5 Å². The summed E-state index contributed by atoms with van der Waals surface area (Å²) in [6, 6.07) is 0. The lowest BCUT2D eigenvalue weighted by atomic mass is 10.2. The Morgan fingerprint density at radius 1 is 1.43 bits per heavy atom. The van der Waals surface area contributed by atoms with Gasteiger partial charge >= 0.3 is 5.97 Å². The van der Waals surface area contributed by atoms with Gasteiger partial charge in [-0.15, -0.1) is 0 Å². The molecule has 9 nitrogen and oxygen atoms in total. The number of aromatic amines is 1. The summed E-state index contributed by atoms with van der Waals surface area (Å²) in [4.78, 5) is 22.3. The topological polar surface area (TPSA) is 141 Å². The summed E-state index contributed by atoms with van der Waals surface area (Å²) in [5.41, 5.74) is -0.452. The maximum absolute atomic E-state index is 11.9. The van der Waals surface area contributed by atoms with Crippen molar-refractivity contribution >= 4 is 21.9 Å². The van der Waals surface area contributed by atoms with Crippen molar-refractivity contribution in [1.82, 2.24) is 20.2 Å². The molecule has 0 unspecified atom stereocenters. The Labute approximate surface area is 122 Å². The van der Waals surface area contributed by atoms with E-state index >= 15 is 0 Å². The second kappa shape index (κ2) is 7.18. The third-order valence-electron chi connectivity index (χ3n) is 2.46. The first-order valence-electron chi connectivity index (χ1n) is 6.27. The molecule has 0 aliphatic heterocycles. The molecule has 21 heavy (non-hydrogen) atoms. The second-order valence-corrected chi connectivity index (χ2v) is 6.47. The number of H-pyrrole nitrogens is 1. The van der Waals surface area contributed by atoms with Crippen molar-refractivity contribution in [2.45, 2.75) is 25.3 Å². The molecule has 1 amide bonds. The molecule has 1 rings (SSSR count). The van der Waals surface area contributed by atoms with Crippen LogP contribution in [0.4, 0.5) is 0 Å². The van der Waals surface area contributed by atoms with Gasteiger partial charge in [-0.2, -0.15) is 5.10 Å². The summed E-state index contributed by atoms with van der Waals surface area (Å²) in [5, 5.41) is 16.5. The molecule has 4 N–H and O–H groups in total. The molecule has 0 aliphatic carbocycles. The van der Waals surface area contributed by atoms with E-state index < -0.39 is 26.6 Å². The van der Waals surface area contributed by atoms with Crippen LogP contribution in [-0.4, -0.2) is 48.7 Å². The van der Waals surface area contributed by atoms with Crippen molar-refractivity contribution in [3.05, 3.63) is 11.8 Å². The fraction of sp³-hybridized carbons (Fsp3) is 0.545. The van der Waals surface area contributed by atoms with Crippen LogP contribution in [0.15, 0.2) is 11.2 Å². The summed E-state index contributed by atoms with van der Waals surface area (Å²) in [6.07, 6.45) is 0.870. The predicted octanol–water partition coefficient (Wildman–Crippen LogP) is -0.451. The normalized spacial score (nSPS) is 11.6. The highest BCUT2D eigenvalue weighted by atomic mass is 32.2. The lowest BCUT2D eigenvalue weighted by Crippen LogP contribution is -2.33. The summed E-state index contributed by atoms with van der Waals surface area (Å²) < 4.78 is 25.9. The number of carboxylic acids is 1.